The van der Waals surface area contributed by atoms with E-state index >= 15 is 0 Å². The van der Waals surface area contributed by atoms with Gasteiger partial charge in [-0.05, 0) is 23.6 Å². The summed E-state index contributed by atoms with van der Waals surface area (Å²) in [6.07, 6.45) is 0.691. The molecule has 0 bridgehead atoms. The Morgan fingerprint density at radius 3 is 2.38 bits per heavy atom. The third-order valence-corrected chi connectivity index (χ3v) is 3.59. The van der Waals surface area contributed by atoms with Gasteiger partial charge in [0.25, 0.3) is 5.91 Å². The Hall–Kier alpha value is -2.95. The molecule has 0 heterocycles. The molecule has 0 spiro atoms. The molecule has 1 atom stereocenters. The van der Waals surface area contributed by atoms with E-state index in [-0.39, 0.29) is 18.4 Å². The molecule has 0 aromatic heterocycles. The van der Waals surface area contributed by atoms with Gasteiger partial charge in [0.05, 0.1) is 5.56 Å². The summed E-state index contributed by atoms with van der Waals surface area (Å²) in [5, 5.41) is 2.74. The van der Waals surface area contributed by atoms with Gasteiger partial charge in [-0.15, -0.1) is 0 Å². The van der Waals surface area contributed by atoms with E-state index in [0.717, 1.165) is 5.56 Å². The fourth-order valence-electron chi connectivity index (χ4n) is 2.13. The van der Waals surface area contributed by atoms with E-state index in [2.05, 4.69) is 5.32 Å². The van der Waals surface area contributed by atoms with E-state index in [1.165, 1.54) is 24.3 Å². The Balaban J connectivity index is 1.76. The highest BCUT2D eigenvalue weighted by Crippen LogP contribution is 2.12. The second-order valence-electron chi connectivity index (χ2n) is 5.43. The van der Waals surface area contributed by atoms with E-state index in [1.54, 1.807) is 0 Å². The Kier molecular flexibility index (Phi) is 6.25. The van der Waals surface area contributed by atoms with Gasteiger partial charge in [-0.1, -0.05) is 49.4 Å². The van der Waals surface area contributed by atoms with Crippen molar-refractivity contribution in [2.75, 3.05) is 13.2 Å². The van der Waals surface area contributed by atoms with Crippen molar-refractivity contribution in [2.45, 2.75) is 12.8 Å². The zero-order valence-corrected chi connectivity index (χ0v) is 13.4. The lowest BCUT2D eigenvalue weighted by Gasteiger charge is -2.13. The molecule has 0 aliphatic heterocycles. The van der Waals surface area contributed by atoms with Crippen molar-refractivity contribution in [3.8, 4) is 0 Å². The minimum Gasteiger partial charge on any atom is -0.452 e. The summed E-state index contributed by atoms with van der Waals surface area (Å²) in [6.45, 7) is 2.14. The van der Waals surface area contributed by atoms with Crippen LogP contribution in [-0.4, -0.2) is 31.3 Å². The molecule has 0 saturated carbocycles. The second kappa shape index (κ2) is 8.62. The van der Waals surface area contributed by atoms with Crippen LogP contribution in [0.3, 0.4) is 0 Å². The molecule has 0 fully saturated rings. The number of amides is 1. The molecule has 5 nitrogen and oxygen atoms in total. The molecular weight excluding hydrogens is 306 g/mol. The number of nitrogens with one attached hydrogen (secondary N) is 1. The fraction of sp³-hybridized carbons (Fsp3) is 0.211. The van der Waals surface area contributed by atoms with Gasteiger partial charge in [0.15, 0.2) is 6.61 Å². The molecule has 5 heteroatoms. The Morgan fingerprint density at radius 2 is 1.75 bits per heavy atom. The smallest absolute Gasteiger partial charge is 0.338 e. The summed E-state index contributed by atoms with van der Waals surface area (Å²) < 4.78 is 4.96. The molecule has 2 aromatic rings. The van der Waals surface area contributed by atoms with Crippen molar-refractivity contribution in [3.05, 3.63) is 71.3 Å². The zero-order valence-electron chi connectivity index (χ0n) is 13.4. The molecule has 0 aliphatic carbocycles. The van der Waals surface area contributed by atoms with E-state index in [4.69, 9.17) is 4.74 Å². The first-order valence-corrected chi connectivity index (χ1v) is 7.64. The average molecular weight is 325 g/mol. The third kappa shape index (κ3) is 5.05. The molecule has 24 heavy (non-hydrogen) atoms. The van der Waals surface area contributed by atoms with Crippen LogP contribution in [0.5, 0.6) is 0 Å². The fourth-order valence-corrected chi connectivity index (χ4v) is 2.13. The van der Waals surface area contributed by atoms with E-state index < -0.39 is 5.97 Å². The predicted octanol–water partition coefficient (Wildman–Crippen LogP) is 2.58. The highest BCUT2D eigenvalue weighted by molar-refractivity contribution is 5.92. The van der Waals surface area contributed by atoms with Gasteiger partial charge in [0.1, 0.15) is 6.29 Å². The standard InChI is InChI=1S/C19H19NO4/c1-14(16-5-3-2-4-6-16)11-20-18(22)13-24-19(23)17-9-7-15(12-21)8-10-17/h2-10,12,14H,11,13H2,1H3,(H,20,22)/t14-/m0/s1. The minimum absolute atomic E-state index is 0.168. The van der Waals surface area contributed by atoms with Crippen LogP contribution in [0.15, 0.2) is 54.6 Å². The van der Waals surface area contributed by atoms with Crippen molar-refractivity contribution in [1.29, 1.82) is 0 Å². The Morgan fingerprint density at radius 1 is 1.08 bits per heavy atom. The maximum atomic E-state index is 11.8. The minimum atomic E-state index is -0.598. The lowest BCUT2D eigenvalue weighted by atomic mass is 10.0. The number of aldehydes is 1. The van der Waals surface area contributed by atoms with E-state index in [1.807, 2.05) is 37.3 Å². The second-order valence-corrected chi connectivity index (χ2v) is 5.43. The quantitative estimate of drug-likeness (QED) is 0.627. The van der Waals surface area contributed by atoms with Crippen molar-refractivity contribution in [3.63, 3.8) is 0 Å². The van der Waals surface area contributed by atoms with Crippen LogP contribution in [0.2, 0.25) is 0 Å². The summed E-state index contributed by atoms with van der Waals surface area (Å²) in [4.78, 5) is 34.2. The normalized spacial score (nSPS) is 11.4. The zero-order chi connectivity index (χ0) is 17.4. The van der Waals surface area contributed by atoms with Crippen molar-refractivity contribution < 1.29 is 19.1 Å². The third-order valence-electron chi connectivity index (χ3n) is 3.59. The van der Waals surface area contributed by atoms with Crippen LogP contribution in [0.25, 0.3) is 0 Å². The summed E-state index contributed by atoms with van der Waals surface area (Å²) >= 11 is 0. The number of ether oxygens (including phenoxy) is 1. The van der Waals surface area contributed by atoms with Crippen LogP contribution in [-0.2, 0) is 9.53 Å². The van der Waals surface area contributed by atoms with Crippen LogP contribution in [0.4, 0.5) is 0 Å². The van der Waals surface area contributed by atoms with Crippen LogP contribution in [0, 0.1) is 0 Å². The number of hydrogen-bond donors (Lipinski definition) is 1. The Bertz CT molecular complexity index is 695. The molecule has 0 radical (unpaired) electrons. The number of benzene rings is 2. The first-order valence-electron chi connectivity index (χ1n) is 7.64. The number of hydrogen-bond acceptors (Lipinski definition) is 4. The molecule has 1 amide bonds. The lowest BCUT2D eigenvalue weighted by Crippen LogP contribution is -2.31. The topological polar surface area (TPSA) is 72.5 Å². The molecule has 0 aliphatic rings. The number of carbonyl (C=O) groups excluding carboxylic acids is 3. The maximum absolute atomic E-state index is 11.8. The molecule has 2 aromatic carbocycles. The molecule has 0 saturated heterocycles. The van der Waals surface area contributed by atoms with E-state index in [0.29, 0.717) is 24.0 Å². The highest BCUT2D eigenvalue weighted by atomic mass is 16.5. The van der Waals surface area contributed by atoms with Gasteiger partial charge in [-0.25, -0.2) is 4.79 Å². The van der Waals surface area contributed by atoms with Gasteiger partial charge in [0.2, 0.25) is 0 Å². The molecule has 0 unspecified atom stereocenters. The Labute approximate surface area is 140 Å². The van der Waals surface area contributed by atoms with Gasteiger partial charge >= 0.3 is 5.97 Å². The number of rotatable bonds is 7. The molecule has 2 rings (SSSR count). The predicted molar refractivity (Wildman–Crippen MR) is 90.0 cm³/mol. The van der Waals surface area contributed by atoms with Crippen molar-refractivity contribution in [1.82, 2.24) is 5.32 Å². The molecule has 1 N–H and O–H groups in total. The van der Waals surface area contributed by atoms with E-state index in [9.17, 15) is 14.4 Å². The monoisotopic (exact) mass is 325 g/mol. The first-order chi connectivity index (χ1) is 11.6. The van der Waals surface area contributed by atoms with Crippen molar-refractivity contribution in [2.24, 2.45) is 0 Å². The number of carbonyl (C=O) groups is 3. The van der Waals surface area contributed by atoms with Crippen LogP contribution in [0.1, 0.15) is 39.1 Å². The molecule has 124 valence electrons. The highest BCUT2D eigenvalue weighted by Gasteiger charge is 2.11. The summed E-state index contributed by atoms with van der Waals surface area (Å²) in [5.74, 6) is -0.781. The largest absolute Gasteiger partial charge is 0.452 e. The van der Waals surface area contributed by atoms with Gasteiger partial charge in [-0.3, -0.25) is 9.59 Å². The van der Waals surface area contributed by atoms with Gasteiger partial charge in [-0.2, -0.15) is 0 Å². The SMILES string of the molecule is C[C@@H](CNC(=O)COC(=O)c1ccc(C=O)cc1)c1ccccc1. The lowest BCUT2D eigenvalue weighted by molar-refractivity contribution is -0.124. The first kappa shape index (κ1) is 17.4. The summed E-state index contributed by atoms with van der Waals surface area (Å²) in [6, 6.07) is 15.9. The average Bonchev–Trinajstić information content (AvgIpc) is 2.64. The van der Waals surface area contributed by atoms with Crippen LogP contribution >= 0.6 is 0 Å². The van der Waals surface area contributed by atoms with Crippen molar-refractivity contribution >= 4 is 18.2 Å². The van der Waals surface area contributed by atoms with Crippen LogP contribution < -0.4 is 5.32 Å². The van der Waals surface area contributed by atoms with Gasteiger partial charge in [0, 0.05) is 12.1 Å². The molecular formula is C19H19NO4. The summed E-state index contributed by atoms with van der Waals surface area (Å²) in [7, 11) is 0. The number of esters is 1. The van der Waals surface area contributed by atoms with Gasteiger partial charge < -0.3 is 10.1 Å². The maximum Gasteiger partial charge on any atom is 0.338 e. The summed E-state index contributed by atoms with van der Waals surface area (Å²) in [5.41, 5.74) is 1.90.